The number of carboxylic acid groups (broad SMARTS) is 1. The quantitative estimate of drug-likeness (QED) is 0.478. The minimum Gasteiger partial charge on any atom is -0.481 e. The van der Waals surface area contributed by atoms with Crippen LogP contribution in [0.25, 0.3) is 11.1 Å². The number of fused-ring (bicyclic) bond motifs is 3. The van der Waals surface area contributed by atoms with Gasteiger partial charge in [-0.05, 0) is 54.9 Å². The predicted octanol–water partition coefficient (Wildman–Crippen LogP) is 4.84. The Balaban J connectivity index is 1.32. The highest BCUT2D eigenvalue weighted by Gasteiger charge is 2.34. The number of amides is 2. The molecule has 0 radical (unpaired) electrons. The number of alkyl carbamates (subject to hydrolysis) is 1. The number of nitrogens with one attached hydrogen (secondary N) is 2. The number of carboxylic acids is 1. The molecule has 2 aromatic rings. The monoisotopic (exact) mass is 478 g/mol. The summed E-state index contributed by atoms with van der Waals surface area (Å²) in [5, 5.41) is 14.8. The van der Waals surface area contributed by atoms with Gasteiger partial charge in [0.2, 0.25) is 5.91 Å². The van der Waals surface area contributed by atoms with Crippen molar-refractivity contribution in [1.82, 2.24) is 10.6 Å². The highest BCUT2D eigenvalue weighted by molar-refractivity contribution is 5.81. The Morgan fingerprint density at radius 3 is 2.29 bits per heavy atom. The molecule has 186 valence electrons. The summed E-state index contributed by atoms with van der Waals surface area (Å²) >= 11 is 0. The van der Waals surface area contributed by atoms with Gasteiger partial charge in [0.1, 0.15) is 6.61 Å². The maximum atomic E-state index is 12.9. The largest absolute Gasteiger partial charge is 0.481 e. The number of hydrogen-bond acceptors (Lipinski definition) is 4. The maximum Gasteiger partial charge on any atom is 0.407 e. The third-order valence-corrected chi connectivity index (χ3v) is 7.17. The fourth-order valence-electron chi connectivity index (χ4n) is 5.39. The molecular weight excluding hydrogens is 444 g/mol. The van der Waals surface area contributed by atoms with Gasteiger partial charge in [-0.15, -0.1) is 0 Å². The molecule has 7 heteroatoms. The van der Waals surface area contributed by atoms with Crippen LogP contribution < -0.4 is 10.6 Å². The van der Waals surface area contributed by atoms with Crippen molar-refractivity contribution in [1.29, 1.82) is 0 Å². The second-order valence-electron chi connectivity index (χ2n) is 9.66. The van der Waals surface area contributed by atoms with E-state index in [4.69, 9.17) is 9.84 Å². The van der Waals surface area contributed by atoms with Gasteiger partial charge in [0.05, 0.1) is 5.92 Å². The van der Waals surface area contributed by atoms with Gasteiger partial charge in [0.15, 0.2) is 0 Å². The molecular formula is C28H34N2O5. The molecule has 0 spiro atoms. The number of carbonyl (C=O) groups excluding carboxylic acids is 2. The van der Waals surface area contributed by atoms with E-state index < -0.39 is 12.1 Å². The van der Waals surface area contributed by atoms with Crippen molar-refractivity contribution in [3.63, 3.8) is 0 Å². The minimum atomic E-state index is -0.830. The zero-order valence-electron chi connectivity index (χ0n) is 20.2. The lowest BCUT2D eigenvalue weighted by atomic mass is 9.83. The summed E-state index contributed by atoms with van der Waals surface area (Å²) in [4.78, 5) is 36.4. The first kappa shape index (κ1) is 24.8. The average Bonchev–Trinajstić information content (AvgIpc) is 3.16. The zero-order chi connectivity index (χ0) is 24.8. The van der Waals surface area contributed by atoms with Crippen molar-refractivity contribution < 1.29 is 24.2 Å². The van der Waals surface area contributed by atoms with E-state index in [0.717, 1.165) is 30.4 Å². The van der Waals surface area contributed by atoms with Gasteiger partial charge < -0.3 is 20.5 Å². The number of aliphatic carboxylic acids is 1. The lowest BCUT2D eigenvalue weighted by Gasteiger charge is -2.32. The van der Waals surface area contributed by atoms with Crippen molar-refractivity contribution in [3.8, 4) is 11.1 Å². The van der Waals surface area contributed by atoms with Gasteiger partial charge in [0, 0.05) is 24.4 Å². The van der Waals surface area contributed by atoms with Gasteiger partial charge in [-0.25, -0.2) is 4.79 Å². The highest BCUT2D eigenvalue weighted by Crippen LogP contribution is 2.44. The standard InChI is InChI=1S/C28H34N2O5/c1-18(9-8-16-26(31)32)29-27(33)23-14-6-7-15-25(23)30-28(34)35-17-24-21-12-4-2-10-19(21)20-11-3-5-13-22(20)24/h2-5,10-13,18,23-25H,6-9,14-17H2,1H3,(H,29,33)(H,30,34)(H,31,32)/t18?,23-,25+/m1/s1. The van der Waals surface area contributed by atoms with Crippen LogP contribution in [0.1, 0.15) is 68.9 Å². The summed E-state index contributed by atoms with van der Waals surface area (Å²) in [6.45, 7) is 2.13. The van der Waals surface area contributed by atoms with Crippen LogP contribution in [0.2, 0.25) is 0 Å². The Morgan fingerprint density at radius 1 is 1.00 bits per heavy atom. The van der Waals surface area contributed by atoms with Crippen LogP contribution >= 0.6 is 0 Å². The Labute approximate surface area is 206 Å². The summed E-state index contributed by atoms with van der Waals surface area (Å²) < 4.78 is 5.69. The van der Waals surface area contributed by atoms with Crippen LogP contribution in [0.4, 0.5) is 4.79 Å². The predicted molar refractivity (Wildman–Crippen MR) is 133 cm³/mol. The molecule has 0 aliphatic heterocycles. The van der Waals surface area contributed by atoms with Crippen LogP contribution in [-0.4, -0.2) is 41.8 Å². The van der Waals surface area contributed by atoms with Crippen molar-refractivity contribution in [2.75, 3.05) is 6.61 Å². The van der Waals surface area contributed by atoms with Gasteiger partial charge in [-0.3, -0.25) is 9.59 Å². The molecule has 2 aliphatic carbocycles. The highest BCUT2D eigenvalue weighted by atomic mass is 16.5. The van der Waals surface area contributed by atoms with Gasteiger partial charge >= 0.3 is 12.1 Å². The number of hydrogen-bond donors (Lipinski definition) is 3. The van der Waals surface area contributed by atoms with Crippen molar-refractivity contribution in [2.45, 2.75) is 69.9 Å². The molecule has 3 atom stereocenters. The number of benzene rings is 2. The molecule has 2 aromatic carbocycles. The first-order chi connectivity index (χ1) is 16.9. The summed E-state index contributed by atoms with van der Waals surface area (Å²) in [7, 11) is 0. The van der Waals surface area contributed by atoms with E-state index in [1.54, 1.807) is 0 Å². The van der Waals surface area contributed by atoms with E-state index in [9.17, 15) is 14.4 Å². The Kier molecular flexibility index (Phi) is 8.06. The Hall–Kier alpha value is -3.35. The molecule has 4 rings (SSSR count). The molecule has 1 saturated carbocycles. The van der Waals surface area contributed by atoms with Gasteiger partial charge in [-0.2, -0.15) is 0 Å². The second-order valence-corrected chi connectivity index (χ2v) is 9.66. The lowest BCUT2D eigenvalue weighted by Crippen LogP contribution is -2.50. The molecule has 0 saturated heterocycles. The molecule has 0 heterocycles. The molecule has 2 amide bonds. The fraction of sp³-hybridized carbons (Fsp3) is 0.464. The van der Waals surface area contributed by atoms with Crippen molar-refractivity contribution in [2.24, 2.45) is 5.92 Å². The maximum absolute atomic E-state index is 12.9. The van der Waals surface area contributed by atoms with Crippen LogP contribution in [0, 0.1) is 5.92 Å². The van der Waals surface area contributed by atoms with Gasteiger partial charge in [0.25, 0.3) is 0 Å². The van der Waals surface area contributed by atoms with Crippen LogP contribution in [-0.2, 0) is 14.3 Å². The number of ether oxygens (including phenoxy) is 1. The summed E-state index contributed by atoms with van der Waals surface area (Å²) in [5.74, 6) is -1.24. The summed E-state index contributed by atoms with van der Waals surface area (Å²) in [5.41, 5.74) is 4.68. The SMILES string of the molecule is CC(CCCC(=O)O)NC(=O)[C@@H]1CCCC[C@@H]1NC(=O)OCC1c2ccccc2-c2ccccc21. The van der Waals surface area contributed by atoms with E-state index in [0.29, 0.717) is 19.3 Å². The van der Waals surface area contributed by atoms with Crippen LogP contribution in [0.5, 0.6) is 0 Å². The molecule has 7 nitrogen and oxygen atoms in total. The third-order valence-electron chi connectivity index (χ3n) is 7.17. The van der Waals surface area contributed by atoms with E-state index in [1.807, 2.05) is 31.2 Å². The lowest BCUT2D eigenvalue weighted by molar-refractivity contribution is -0.137. The number of carbonyl (C=O) groups is 3. The molecule has 0 bridgehead atoms. The van der Waals surface area contributed by atoms with E-state index in [2.05, 4.69) is 34.9 Å². The van der Waals surface area contributed by atoms with E-state index in [1.165, 1.54) is 11.1 Å². The Morgan fingerprint density at radius 2 is 1.63 bits per heavy atom. The topological polar surface area (TPSA) is 105 Å². The zero-order valence-corrected chi connectivity index (χ0v) is 20.2. The summed E-state index contributed by atoms with van der Waals surface area (Å²) in [6.07, 6.45) is 4.05. The van der Waals surface area contributed by atoms with E-state index >= 15 is 0 Å². The van der Waals surface area contributed by atoms with E-state index in [-0.39, 0.29) is 42.9 Å². The summed E-state index contributed by atoms with van der Waals surface area (Å²) in [6, 6.07) is 16.0. The van der Waals surface area contributed by atoms with Crippen LogP contribution in [0.3, 0.4) is 0 Å². The molecule has 0 aromatic heterocycles. The molecule has 35 heavy (non-hydrogen) atoms. The fourth-order valence-corrected chi connectivity index (χ4v) is 5.39. The molecule has 3 N–H and O–H groups in total. The van der Waals surface area contributed by atoms with Crippen molar-refractivity contribution >= 4 is 18.0 Å². The second kappa shape index (κ2) is 11.4. The average molecular weight is 479 g/mol. The van der Waals surface area contributed by atoms with Crippen molar-refractivity contribution in [3.05, 3.63) is 59.7 Å². The first-order valence-corrected chi connectivity index (χ1v) is 12.6. The van der Waals surface area contributed by atoms with Gasteiger partial charge in [-0.1, -0.05) is 61.4 Å². The minimum absolute atomic E-state index is 0.00902. The molecule has 2 aliphatic rings. The molecule has 1 unspecified atom stereocenters. The van der Waals surface area contributed by atoms with Crippen LogP contribution in [0.15, 0.2) is 48.5 Å². The first-order valence-electron chi connectivity index (χ1n) is 12.6. The number of rotatable bonds is 9. The smallest absolute Gasteiger partial charge is 0.407 e. The third kappa shape index (κ3) is 6.02. The Bertz CT molecular complexity index is 1020. The normalized spacial score (nSPS) is 19.8. The molecule has 1 fully saturated rings.